The summed E-state index contributed by atoms with van der Waals surface area (Å²) in [5.74, 6) is 0.992. The van der Waals surface area contributed by atoms with Gasteiger partial charge in [0.1, 0.15) is 0 Å². The van der Waals surface area contributed by atoms with Crippen molar-refractivity contribution in [2.45, 2.75) is 26.7 Å². The Labute approximate surface area is 88.4 Å². The average molecular weight is 196 g/mol. The van der Waals surface area contributed by atoms with Gasteiger partial charge in [0.2, 0.25) is 0 Å². The topological polar surface area (TPSA) is 15.3 Å². The molecule has 1 N–H and O–H groups in total. The predicted molar refractivity (Wildman–Crippen MR) is 62.5 cm³/mol. The van der Waals surface area contributed by atoms with Crippen LogP contribution in [0.5, 0.6) is 0 Å². The molecular formula is C12H24N2. The van der Waals surface area contributed by atoms with E-state index in [1.54, 1.807) is 0 Å². The lowest BCUT2D eigenvalue weighted by molar-refractivity contribution is 0.310. The van der Waals surface area contributed by atoms with Gasteiger partial charge < -0.3 is 5.32 Å². The Hall–Kier alpha value is -0.340. The zero-order chi connectivity index (χ0) is 10.4. The summed E-state index contributed by atoms with van der Waals surface area (Å²) in [5, 5.41) is 3.51. The highest BCUT2D eigenvalue weighted by molar-refractivity contribution is 4.91. The Balaban J connectivity index is 1.97. The molecule has 2 nitrogen and oxygen atoms in total. The van der Waals surface area contributed by atoms with Gasteiger partial charge in [-0.3, -0.25) is 4.90 Å². The normalized spacial score (nSPS) is 16.2. The van der Waals surface area contributed by atoms with E-state index in [0.29, 0.717) is 0 Å². The van der Waals surface area contributed by atoms with Gasteiger partial charge in [0.05, 0.1) is 0 Å². The van der Waals surface area contributed by atoms with E-state index in [1.165, 1.54) is 25.0 Å². The fourth-order valence-electron chi connectivity index (χ4n) is 1.60. The van der Waals surface area contributed by atoms with E-state index in [2.05, 4.69) is 30.6 Å². The Morgan fingerprint density at radius 1 is 1.50 bits per heavy atom. The van der Waals surface area contributed by atoms with Crippen molar-refractivity contribution >= 4 is 0 Å². The van der Waals surface area contributed by atoms with Crippen molar-refractivity contribution in [3.63, 3.8) is 0 Å². The van der Waals surface area contributed by atoms with Crippen LogP contribution >= 0.6 is 0 Å². The van der Waals surface area contributed by atoms with Crippen LogP contribution in [0.2, 0.25) is 0 Å². The van der Waals surface area contributed by atoms with Crippen molar-refractivity contribution < 1.29 is 0 Å². The largest absolute Gasteiger partial charge is 0.315 e. The van der Waals surface area contributed by atoms with Crippen LogP contribution in [0.25, 0.3) is 0 Å². The molecule has 0 unspecified atom stereocenters. The van der Waals surface area contributed by atoms with Gasteiger partial charge in [0.25, 0.3) is 0 Å². The highest BCUT2D eigenvalue weighted by atomic mass is 15.1. The van der Waals surface area contributed by atoms with Crippen molar-refractivity contribution in [2.24, 2.45) is 5.92 Å². The van der Waals surface area contributed by atoms with Gasteiger partial charge in [0, 0.05) is 19.6 Å². The summed E-state index contributed by atoms with van der Waals surface area (Å²) in [4.78, 5) is 2.43. The predicted octanol–water partition coefficient (Wildman–Crippen LogP) is 1.88. The van der Waals surface area contributed by atoms with Crippen LogP contribution in [-0.4, -0.2) is 37.6 Å². The number of rotatable bonds is 8. The van der Waals surface area contributed by atoms with Gasteiger partial charge in [-0.1, -0.05) is 19.1 Å². The lowest BCUT2D eigenvalue weighted by Crippen LogP contribution is -2.33. The maximum atomic E-state index is 3.95. The fourth-order valence-corrected chi connectivity index (χ4v) is 1.60. The highest BCUT2D eigenvalue weighted by Gasteiger charge is 2.19. The molecule has 2 heteroatoms. The van der Waals surface area contributed by atoms with E-state index in [-0.39, 0.29) is 0 Å². The highest BCUT2D eigenvalue weighted by Crippen LogP contribution is 2.27. The zero-order valence-corrected chi connectivity index (χ0v) is 9.68. The Morgan fingerprint density at radius 2 is 2.21 bits per heavy atom. The maximum absolute atomic E-state index is 3.95. The molecule has 0 radical (unpaired) electrons. The maximum Gasteiger partial charge on any atom is 0.0187 e. The number of hydrogen-bond acceptors (Lipinski definition) is 2. The first-order valence-corrected chi connectivity index (χ1v) is 5.79. The van der Waals surface area contributed by atoms with E-state index in [0.717, 1.165) is 32.1 Å². The molecule has 0 aromatic heterocycles. The van der Waals surface area contributed by atoms with Crippen molar-refractivity contribution in [1.82, 2.24) is 10.2 Å². The summed E-state index contributed by atoms with van der Waals surface area (Å²) < 4.78 is 0. The average Bonchev–Trinajstić information content (AvgIpc) is 2.93. The third-order valence-electron chi connectivity index (χ3n) is 2.68. The number of likely N-dealkylation sites (N-methyl/N-ethyl adjacent to an activating group) is 1. The molecule has 0 amide bonds. The van der Waals surface area contributed by atoms with Gasteiger partial charge in [0.15, 0.2) is 0 Å². The molecule has 0 aromatic carbocycles. The standard InChI is InChI=1S/C12H24N2/c1-4-14(10-11(2)3)8-7-13-9-12-5-6-12/h12-13H,2,4-10H2,1,3H3. The number of nitrogens with zero attached hydrogens (tertiary/aromatic N) is 1. The third kappa shape index (κ3) is 5.40. The molecule has 0 aromatic rings. The quantitative estimate of drug-likeness (QED) is 0.471. The smallest absolute Gasteiger partial charge is 0.0187 e. The minimum absolute atomic E-state index is 0.992. The Kier molecular flexibility index (Phi) is 5.20. The van der Waals surface area contributed by atoms with Crippen LogP contribution in [0.3, 0.4) is 0 Å². The summed E-state index contributed by atoms with van der Waals surface area (Å²) in [5.41, 5.74) is 1.26. The van der Waals surface area contributed by atoms with E-state index in [1.807, 2.05) is 0 Å². The van der Waals surface area contributed by atoms with Crippen LogP contribution in [-0.2, 0) is 0 Å². The van der Waals surface area contributed by atoms with Crippen LogP contribution < -0.4 is 5.32 Å². The Morgan fingerprint density at radius 3 is 2.71 bits per heavy atom. The first-order valence-electron chi connectivity index (χ1n) is 5.79. The van der Waals surface area contributed by atoms with Gasteiger partial charge in [-0.05, 0) is 38.8 Å². The fraction of sp³-hybridized carbons (Fsp3) is 0.833. The second-order valence-corrected chi connectivity index (χ2v) is 4.47. The lowest BCUT2D eigenvalue weighted by atomic mass is 10.3. The third-order valence-corrected chi connectivity index (χ3v) is 2.68. The van der Waals surface area contributed by atoms with Crippen LogP contribution in [0.4, 0.5) is 0 Å². The van der Waals surface area contributed by atoms with Crippen molar-refractivity contribution in [1.29, 1.82) is 0 Å². The van der Waals surface area contributed by atoms with Crippen molar-refractivity contribution in [2.75, 3.05) is 32.7 Å². The summed E-state index contributed by atoms with van der Waals surface area (Å²) in [6.45, 7) is 13.9. The summed E-state index contributed by atoms with van der Waals surface area (Å²) in [6, 6.07) is 0. The summed E-state index contributed by atoms with van der Waals surface area (Å²) in [7, 11) is 0. The molecule has 1 rings (SSSR count). The van der Waals surface area contributed by atoms with E-state index >= 15 is 0 Å². The molecule has 1 fully saturated rings. The molecule has 0 bridgehead atoms. The van der Waals surface area contributed by atoms with E-state index in [4.69, 9.17) is 0 Å². The molecule has 0 spiro atoms. The monoisotopic (exact) mass is 196 g/mol. The molecule has 1 aliphatic carbocycles. The lowest BCUT2D eigenvalue weighted by Gasteiger charge is -2.20. The van der Waals surface area contributed by atoms with Crippen molar-refractivity contribution in [3.05, 3.63) is 12.2 Å². The zero-order valence-electron chi connectivity index (χ0n) is 9.68. The minimum Gasteiger partial charge on any atom is -0.315 e. The minimum atomic E-state index is 0.992. The SMILES string of the molecule is C=C(C)CN(CC)CCNCC1CC1. The summed E-state index contributed by atoms with van der Waals surface area (Å²) in [6.07, 6.45) is 2.88. The second kappa shape index (κ2) is 6.20. The van der Waals surface area contributed by atoms with Gasteiger partial charge in [-0.2, -0.15) is 0 Å². The van der Waals surface area contributed by atoms with E-state index in [9.17, 15) is 0 Å². The molecule has 0 saturated heterocycles. The Bertz CT molecular complexity index is 173. The molecule has 1 saturated carbocycles. The van der Waals surface area contributed by atoms with Crippen LogP contribution in [0, 0.1) is 5.92 Å². The first-order chi connectivity index (χ1) is 6.72. The molecule has 0 atom stereocenters. The van der Waals surface area contributed by atoms with Crippen molar-refractivity contribution in [3.8, 4) is 0 Å². The second-order valence-electron chi connectivity index (χ2n) is 4.47. The molecule has 82 valence electrons. The van der Waals surface area contributed by atoms with Crippen LogP contribution in [0.15, 0.2) is 12.2 Å². The van der Waals surface area contributed by atoms with Crippen LogP contribution in [0.1, 0.15) is 26.7 Å². The van der Waals surface area contributed by atoms with Gasteiger partial charge in [-0.15, -0.1) is 0 Å². The first kappa shape index (κ1) is 11.7. The molecule has 1 aliphatic rings. The summed E-state index contributed by atoms with van der Waals surface area (Å²) >= 11 is 0. The van der Waals surface area contributed by atoms with E-state index < -0.39 is 0 Å². The number of hydrogen-bond donors (Lipinski definition) is 1. The van der Waals surface area contributed by atoms with Gasteiger partial charge in [-0.25, -0.2) is 0 Å². The number of nitrogens with one attached hydrogen (secondary N) is 1. The van der Waals surface area contributed by atoms with Gasteiger partial charge >= 0.3 is 0 Å². The molecule has 0 aliphatic heterocycles. The molecule has 14 heavy (non-hydrogen) atoms. The molecule has 0 heterocycles. The molecular weight excluding hydrogens is 172 g/mol.